The zero-order valence-corrected chi connectivity index (χ0v) is 13.0. The van der Waals surface area contributed by atoms with Crippen LogP contribution in [0.3, 0.4) is 0 Å². The lowest BCUT2D eigenvalue weighted by Gasteiger charge is -2.26. The smallest absolute Gasteiger partial charge is 0.00924 e. The van der Waals surface area contributed by atoms with Gasteiger partial charge in [-0.15, -0.1) is 0 Å². The Labute approximate surface area is 119 Å². The Kier molecular flexibility index (Phi) is 8.57. The Morgan fingerprint density at radius 3 is 2.11 bits per heavy atom. The second-order valence-corrected chi connectivity index (χ2v) is 5.61. The number of benzene rings is 1. The van der Waals surface area contributed by atoms with Crippen molar-refractivity contribution in [1.82, 2.24) is 5.32 Å². The molecule has 1 N–H and O–H groups in total. The van der Waals surface area contributed by atoms with E-state index in [1.54, 1.807) is 0 Å². The molecule has 108 valence electrons. The molecule has 1 aromatic carbocycles. The van der Waals surface area contributed by atoms with Crippen LogP contribution in [0, 0.1) is 5.92 Å². The Morgan fingerprint density at radius 1 is 0.947 bits per heavy atom. The molecule has 0 aliphatic carbocycles. The lowest BCUT2D eigenvalue weighted by molar-refractivity contribution is 0.306. The zero-order valence-electron chi connectivity index (χ0n) is 13.0. The first kappa shape index (κ1) is 16.2. The van der Waals surface area contributed by atoms with Crippen molar-refractivity contribution in [3.63, 3.8) is 0 Å². The Balaban J connectivity index is 2.38. The maximum Gasteiger partial charge on any atom is 0.00924 e. The van der Waals surface area contributed by atoms with Crippen molar-refractivity contribution in [3.8, 4) is 0 Å². The van der Waals surface area contributed by atoms with E-state index in [2.05, 4.69) is 56.5 Å². The second kappa shape index (κ2) is 10.0. The third-order valence-electron chi connectivity index (χ3n) is 4.08. The molecule has 0 aromatic heterocycles. The lowest BCUT2D eigenvalue weighted by Crippen LogP contribution is -2.33. The molecule has 1 nitrogen and oxygen atoms in total. The summed E-state index contributed by atoms with van der Waals surface area (Å²) >= 11 is 0. The number of aryl methyl sites for hydroxylation is 1. The van der Waals surface area contributed by atoms with E-state index in [1.165, 1.54) is 50.5 Å². The summed E-state index contributed by atoms with van der Waals surface area (Å²) in [5.74, 6) is 0.857. The summed E-state index contributed by atoms with van der Waals surface area (Å²) in [4.78, 5) is 0. The molecule has 1 aromatic rings. The molecule has 19 heavy (non-hydrogen) atoms. The summed E-state index contributed by atoms with van der Waals surface area (Å²) in [6.45, 7) is 4.61. The number of hydrogen-bond acceptors (Lipinski definition) is 1. The van der Waals surface area contributed by atoms with E-state index in [0.717, 1.165) is 5.92 Å². The first-order valence-corrected chi connectivity index (χ1v) is 8.03. The predicted molar refractivity (Wildman–Crippen MR) is 85.5 cm³/mol. The number of hydrogen-bond donors (Lipinski definition) is 1. The molecule has 0 spiro atoms. The van der Waals surface area contributed by atoms with Crippen LogP contribution in [-0.2, 0) is 6.42 Å². The standard InChI is InChI=1S/C18H31N/c1-4-10-17(11-5-2)18(19-3)15-9-14-16-12-7-6-8-13-16/h6-8,12-13,17-19H,4-5,9-11,14-15H2,1-3H3. The summed E-state index contributed by atoms with van der Waals surface area (Å²) in [6.07, 6.45) is 9.15. The Bertz CT molecular complexity index is 301. The fraction of sp³-hybridized carbons (Fsp3) is 0.667. The summed E-state index contributed by atoms with van der Waals surface area (Å²) < 4.78 is 0. The van der Waals surface area contributed by atoms with E-state index < -0.39 is 0 Å². The van der Waals surface area contributed by atoms with Gasteiger partial charge in [0.25, 0.3) is 0 Å². The fourth-order valence-electron chi connectivity index (χ4n) is 3.07. The van der Waals surface area contributed by atoms with Gasteiger partial charge in [0.1, 0.15) is 0 Å². The largest absolute Gasteiger partial charge is 0.317 e. The maximum absolute atomic E-state index is 3.56. The molecule has 0 heterocycles. The van der Waals surface area contributed by atoms with Crippen molar-refractivity contribution in [1.29, 1.82) is 0 Å². The lowest BCUT2D eigenvalue weighted by atomic mass is 9.87. The monoisotopic (exact) mass is 261 g/mol. The minimum Gasteiger partial charge on any atom is -0.317 e. The van der Waals surface area contributed by atoms with Crippen LogP contribution >= 0.6 is 0 Å². The summed E-state index contributed by atoms with van der Waals surface area (Å²) in [6, 6.07) is 11.6. The highest BCUT2D eigenvalue weighted by Crippen LogP contribution is 2.21. The topological polar surface area (TPSA) is 12.0 Å². The molecular formula is C18H31N. The van der Waals surface area contributed by atoms with Crippen molar-refractivity contribution in [2.24, 2.45) is 5.92 Å². The van der Waals surface area contributed by atoms with Crippen LogP contribution in [0.2, 0.25) is 0 Å². The van der Waals surface area contributed by atoms with E-state index in [9.17, 15) is 0 Å². The first-order valence-electron chi connectivity index (χ1n) is 8.03. The summed E-state index contributed by atoms with van der Waals surface area (Å²) in [5, 5.41) is 3.56. The van der Waals surface area contributed by atoms with Crippen molar-refractivity contribution >= 4 is 0 Å². The van der Waals surface area contributed by atoms with E-state index >= 15 is 0 Å². The van der Waals surface area contributed by atoms with Gasteiger partial charge in [-0.05, 0) is 50.6 Å². The van der Waals surface area contributed by atoms with Crippen LogP contribution in [-0.4, -0.2) is 13.1 Å². The van der Waals surface area contributed by atoms with Gasteiger partial charge in [-0.25, -0.2) is 0 Å². The molecule has 1 heteroatoms. The van der Waals surface area contributed by atoms with E-state index in [1.807, 2.05) is 0 Å². The van der Waals surface area contributed by atoms with Crippen molar-refractivity contribution in [2.75, 3.05) is 7.05 Å². The minimum atomic E-state index is 0.698. The third-order valence-corrected chi connectivity index (χ3v) is 4.08. The highest BCUT2D eigenvalue weighted by atomic mass is 14.9. The van der Waals surface area contributed by atoms with Gasteiger partial charge >= 0.3 is 0 Å². The molecule has 1 atom stereocenters. The Morgan fingerprint density at radius 2 is 1.58 bits per heavy atom. The van der Waals surface area contributed by atoms with Gasteiger partial charge in [0.05, 0.1) is 0 Å². The molecule has 0 bridgehead atoms. The molecule has 0 radical (unpaired) electrons. The molecule has 0 saturated heterocycles. The zero-order chi connectivity index (χ0) is 13.9. The van der Waals surface area contributed by atoms with Crippen LogP contribution < -0.4 is 5.32 Å². The van der Waals surface area contributed by atoms with Gasteiger partial charge in [-0.3, -0.25) is 0 Å². The molecule has 1 unspecified atom stereocenters. The summed E-state index contributed by atoms with van der Waals surface area (Å²) in [7, 11) is 2.13. The van der Waals surface area contributed by atoms with Gasteiger partial charge in [0.2, 0.25) is 0 Å². The van der Waals surface area contributed by atoms with Crippen LogP contribution in [0.5, 0.6) is 0 Å². The van der Waals surface area contributed by atoms with Gasteiger partial charge in [-0.1, -0.05) is 57.0 Å². The van der Waals surface area contributed by atoms with Gasteiger partial charge in [0, 0.05) is 6.04 Å². The fourth-order valence-corrected chi connectivity index (χ4v) is 3.07. The quantitative estimate of drug-likeness (QED) is 0.637. The molecule has 0 aliphatic rings. The SMILES string of the molecule is CCCC(CCC)C(CCCc1ccccc1)NC. The Hall–Kier alpha value is -0.820. The van der Waals surface area contributed by atoms with E-state index in [-0.39, 0.29) is 0 Å². The average molecular weight is 261 g/mol. The van der Waals surface area contributed by atoms with Crippen molar-refractivity contribution in [3.05, 3.63) is 35.9 Å². The van der Waals surface area contributed by atoms with Crippen LogP contribution in [0.4, 0.5) is 0 Å². The molecule has 0 amide bonds. The first-order chi connectivity index (χ1) is 9.31. The van der Waals surface area contributed by atoms with Gasteiger partial charge in [0.15, 0.2) is 0 Å². The van der Waals surface area contributed by atoms with Crippen LogP contribution in [0.1, 0.15) is 57.9 Å². The predicted octanol–water partition coefficient (Wildman–Crippen LogP) is 4.81. The molecule has 0 aliphatic heterocycles. The second-order valence-electron chi connectivity index (χ2n) is 5.61. The number of rotatable bonds is 10. The average Bonchev–Trinajstić information content (AvgIpc) is 2.45. The van der Waals surface area contributed by atoms with E-state index in [4.69, 9.17) is 0 Å². The van der Waals surface area contributed by atoms with Crippen LogP contribution in [0.25, 0.3) is 0 Å². The van der Waals surface area contributed by atoms with Gasteiger partial charge < -0.3 is 5.32 Å². The molecule has 0 fully saturated rings. The van der Waals surface area contributed by atoms with Crippen molar-refractivity contribution < 1.29 is 0 Å². The van der Waals surface area contributed by atoms with E-state index in [0.29, 0.717) is 6.04 Å². The summed E-state index contributed by atoms with van der Waals surface area (Å²) in [5.41, 5.74) is 1.47. The molecule has 0 saturated carbocycles. The molecular weight excluding hydrogens is 230 g/mol. The minimum absolute atomic E-state index is 0.698. The van der Waals surface area contributed by atoms with Gasteiger partial charge in [-0.2, -0.15) is 0 Å². The molecule has 1 rings (SSSR count). The third kappa shape index (κ3) is 6.24. The highest BCUT2D eigenvalue weighted by Gasteiger charge is 2.17. The van der Waals surface area contributed by atoms with Crippen LogP contribution in [0.15, 0.2) is 30.3 Å². The van der Waals surface area contributed by atoms with Crippen molar-refractivity contribution in [2.45, 2.75) is 64.8 Å². The number of nitrogens with one attached hydrogen (secondary N) is 1. The maximum atomic E-state index is 3.56. The normalized spacial score (nSPS) is 12.8. The highest BCUT2D eigenvalue weighted by molar-refractivity contribution is 5.14.